The van der Waals surface area contributed by atoms with E-state index in [0.717, 1.165) is 32.1 Å². The largest absolute Gasteiger partial charge is 0.393 e. The molecule has 1 saturated heterocycles. The summed E-state index contributed by atoms with van der Waals surface area (Å²) in [6, 6.07) is -0.393. The Morgan fingerprint density at radius 2 is 1.96 bits per heavy atom. The van der Waals surface area contributed by atoms with E-state index >= 15 is 0 Å². The second kappa shape index (κ2) is 11.7. The molecule has 1 aliphatic heterocycles. The van der Waals surface area contributed by atoms with Crippen LogP contribution in [0.15, 0.2) is 4.99 Å². The number of hydrogen-bond donors (Lipinski definition) is 5. The first-order valence-corrected chi connectivity index (χ1v) is 11.1. The number of piperidine rings is 1. The summed E-state index contributed by atoms with van der Waals surface area (Å²) in [5, 5.41) is 17.0. The monoisotopic (exact) mass is 395 g/mol. The van der Waals surface area contributed by atoms with E-state index < -0.39 is 6.10 Å². The minimum atomic E-state index is -0.483. The highest BCUT2D eigenvalue weighted by atomic mass is 16.3. The number of nitrogens with one attached hydrogen (secondary N) is 2. The molecule has 28 heavy (non-hydrogen) atoms. The first kappa shape index (κ1) is 23.1. The highest BCUT2D eigenvalue weighted by Gasteiger charge is 2.34. The number of carbonyl (C=O) groups excluding carboxylic acids is 1. The van der Waals surface area contributed by atoms with E-state index in [1.807, 2.05) is 0 Å². The number of aldehydes is 1. The van der Waals surface area contributed by atoms with Crippen molar-refractivity contribution >= 4 is 12.2 Å². The standard InChI is InChI=1S/C21H41N5O2/c1-14-8-9-24-20(10-14)26-19(13-27)18(16-6-4-3-5-7-16)12-17(11-15(2)28)25-21(22)23/h13-20,24,26,28H,3-12H2,1-2H3,(H4,22,23,25)/t14?,15?,17?,18?,19-,20?/m1/s1. The lowest BCUT2D eigenvalue weighted by Gasteiger charge is -2.39. The molecule has 1 saturated carbocycles. The highest BCUT2D eigenvalue weighted by Crippen LogP contribution is 2.35. The summed E-state index contributed by atoms with van der Waals surface area (Å²) in [5.74, 6) is 1.36. The minimum Gasteiger partial charge on any atom is -0.393 e. The summed E-state index contributed by atoms with van der Waals surface area (Å²) < 4.78 is 0. The second-order valence-electron chi connectivity index (χ2n) is 9.05. The number of hydrogen-bond acceptors (Lipinski definition) is 5. The molecule has 0 amide bonds. The molecule has 2 aliphatic rings. The van der Waals surface area contributed by atoms with Crippen LogP contribution in [0.2, 0.25) is 0 Å². The molecular weight excluding hydrogens is 354 g/mol. The van der Waals surface area contributed by atoms with Gasteiger partial charge < -0.3 is 26.7 Å². The molecule has 0 spiro atoms. The molecule has 162 valence electrons. The molecule has 7 nitrogen and oxygen atoms in total. The van der Waals surface area contributed by atoms with Gasteiger partial charge in [0.15, 0.2) is 5.96 Å². The third-order valence-corrected chi connectivity index (χ3v) is 6.41. The van der Waals surface area contributed by atoms with Crippen LogP contribution in [-0.4, -0.2) is 48.3 Å². The van der Waals surface area contributed by atoms with Gasteiger partial charge in [-0.3, -0.25) is 10.3 Å². The van der Waals surface area contributed by atoms with Gasteiger partial charge in [-0.2, -0.15) is 0 Å². The van der Waals surface area contributed by atoms with Crippen LogP contribution in [0.25, 0.3) is 0 Å². The molecule has 7 heteroatoms. The Morgan fingerprint density at radius 3 is 2.54 bits per heavy atom. The van der Waals surface area contributed by atoms with Crippen LogP contribution < -0.4 is 22.1 Å². The van der Waals surface area contributed by atoms with Crippen LogP contribution >= 0.6 is 0 Å². The van der Waals surface area contributed by atoms with Crippen LogP contribution in [0.1, 0.15) is 71.6 Å². The molecule has 0 bridgehead atoms. The topological polar surface area (TPSA) is 126 Å². The summed E-state index contributed by atoms with van der Waals surface area (Å²) in [4.78, 5) is 16.5. The minimum absolute atomic E-state index is 0.0476. The zero-order valence-corrected chi connectivity index (χ0v) is 17.6. The fraction of sp³-hybridized carbons (Fsp3) is 0.905. The lowest BCUT2D eigenvalue weighted by atomic mass is 9.73. The molecule has 1 aliphatic carbocycles. The van der Waals surface area contributed by atoms with Crippen LogP contribution in [0.5, 0.6) is 0 Å². The van der Waals surface area contributed by atoms with Crippen molar-refractivity contribution in [2.24, 2.45) is 34.2 Å². The summed E-state index contributed by atoms with van der Waals surface area (Å²) in [6.07, 6.45) is 10.2. The number of aliphatic imine (C=N–C) groups is 1. The number of guanidine groups is 1. The zero-order valence-electron chi connectivity index (χ0n) is 17.6. The van der Waals surface area contributed by atoms with Gasteiger partial charge in [-0.1, -0.05) is 39.0 Å². The first-order valence-electron chi connectivity index (χ1n) is 11.1. The van der Waals surface area contributed by atoms with Crippen molar-refractivity contribution in [1.29, 1.82) is 0 Å². The molecule has 0 radical (unpaired) electrons. The first-order chi connectivity index (χ1) is 13.4. The number of nitrogens with two attached hydrogens (primary N) is 2. The summed E-state index contributed by atoms with van der Waals surface area (Å²) in [5.41, 5.74) is 11.3. The van der Waals surface area contributed by atoms with Gasteiger partial charge in [0.2, 0.25) is 0 Å². The predicted octanol–water partition coefficient (Wildman–Crippen LogP) is 1.49. The van der Waals surface area contributed by atoms with E-state index in [9.17, 15) is 9.90 Å². The third kappa shape index (κ3) is 7.68. The van der Waals surface area contributed by atoms with Crippen LogP contribution in [0.3, 0.4) is 0 Å². The molecule has 6 atom stereocenters. The van der Waals surface area contributed by atoms with Crippen LogP contribution in [-0.2, 0) is 4.79 Å². The number of aliphatic hydroxyl groups is 1. The van der Waals surface area contributed by atoms with Crippen molar-refractivity contribution in [2.45, 2.75) is 96.0 Å². The normalized spacial score (nSPS) is 28.1. The van der Waals surface area contributed by atoms with Crippen molar-refractivity contribution in [1.82, 2.24) is 10.6 Å². The van der Waals surface area contributed by atoms with Crippen LogP contribution in [0.4, 0.5) is 0 Å². The Kier molecular flexibility index (Phi) is 9.68. The van der Waals surface area contributed by atoms with E-state index in [2.05, 4.69) is 22.5 Å². The van der Waals surface area contributed by atoms with E-state index in [-0.39, 0.29) is 30.1 Å². The fourth-order valence-electron chi connectivity index (χ4n) is 5.05. The lowest BCUT2D eigenvalue weighted by Crippen LogP contribution is -2.55. The van der Waals surface area contributed by atoms with Gasteiger partial charge in [0.1, 0.15) is 6.29 Å². The molecule has 0 aromatic rings. The number of nitrogens with zero attached hydrogens (tertiary/aromatic N) is 1. The predicted molar refractivity (Wildman–Crippen MR) is 114 cm³/mol. The molecule has 0 aromatic carbocycles. The summed E-state index contributed by atoms with van der Waals surface area (Å²) in [6.45, 7) is 5.01. The Balaban J connectivity index is 2.15. The smallest absolute Gasteiger partial charge is 0.186 e. The lowest BCUT2D eigenvalue weighted by molar-refractivity contribution is -0.112. The Hall–Kier alpha value is -1.18. The molecule has 1 heterocycles. The van der Waals surface area contributed by atoms with Crippen molar-refractivity contribution in [2.75, 3.05) is 6.54 Å². The van der Waals surface area contributed by atoms with Gasteiger partial charge in [0.05, 0.1) is 24.4 Å². The average Bonchev–Trinajstić information content (AvgIpc) is 2.64. The average molecular weight is 396 g/mol. The van der Waals surface area contributed by atoms with E-state index in [1.54, 1.807) is 6.92 Å². The van der Waals surface area contributed by atoms with Gasteiger partial charge in [-0.25, -0.2) is 0 Å². The third-order valence-electron chi connectivity index (χ3n) is 6.41. The Bertz CT molecular complexity index is 489. The molecule has 5 unspecified atom stereocenters. The van der Waals surface area contributed by atoms with Gasteiger partial charge in [-0.05, 0) is 56.9 Å². The van der Waals surface area contributed by atoms with Gasteiger partial charge >= 0.3 is 0 Å². The number of aliphatic hydroxyl groups excluding tert-OH is 1. The van der Waals surface area contributed by atoms with Gasteiger partial charge in [0, 0.05) is 0 Å². The second-order valence-corrected chi connectivity index (χ2v) is 9.05. The fourth-order valence-corrected chi connectivity index (χ4v) is 5.05. The SMILES string of the molecule is CC(O)CC(CC(C1CCCCC1)[C@@H](C=O)NC1CC(C)CCN1)N=C(N)N. The van der Waals surface area contributed by atoms with Crippen molar-refractivity contribution in [3.05, 3.63) is 0 Å². The quantitative estimate of drug-likeness (QED) is 0.217. The number of rotatable bonds is 10. The van der Waals surface area contributed by atoms with E-state index in [4.69, 9.17) is 11.5 Å². The van der Waals surface area contributed by atoms with Gasteiger partial charge in [-0.15, -0.1) is 0 Å². The van der Waals surface area contributed by atoms with Crippen molar-refractivity contribution in [3.8, 4) is 0 Å². The number of carbonyl (C=O) groups is 1. The summed E-state index contributed by atoms with van der Waals surface area (Å²) >= 11 is 0. The molecule has 2 fully saturated rings. The molecule has 7 N–H and O–H groups in total. The summed E-state index contributed by atoms with van der Waals surface area (Å²) in [7, 11) is 0. The van der Waals surface area contributed by atoms with Gasteiger partial charge in [0.25, 0.3) is 0 Å². The highest BCUT2D eigenvalue weighted by molar-refractivity contribution is 5.75. The molecule has 0 aromatic heterocycles. The van der Waals surface area contributed by atoms with Crippen molar-refractivity contribution < 1.29 is 9.90 Å². The maximum atomic E-state index is 12.1. The maximum Gasteiger partial charge on any atom is 0.186 e. The molecule has 2 rings (SSSR count). The molecular formula is C21H41N5O2. The Morgan fingerprint density at radius 1 is 1.25 bits per heavy atom. The van der Waals surface area contributed by atoms with E-state index in [0.29, 0.717) is 24.7 Å². The van der Waals surface area contributed by atoms with Crippen molar-refractivity contribution in [3.63, 3.8) is 0 Å². The van der Waals surface area contributed by atoms with E-state index in [1.165, 1.54) is 25.7 Å². The zero-order chi connectivity index (χ0) is 20.5. The van der Waals surface area contributed by atoms with Crippen LogP contribution in [0, 0.1) is 17.8 Å². The Labute approximate surface area is 170 Å². The maximum absolute atomic E-state index is 12.1.